The van der Waals surface area contributed by atoms with Crippen LogP contribution in [0.25, 0.3) is 11.1 Å². The van der Waals surface area contributed by atoms with E-state index in [0.717, 1.165) is 5.56 Å². The molecule has 0 radical (unpaired) electrons. The van der Waals surface area contributed by atoms with Crippen LogP contribution in [0.15, 0.2) is 27.4 Å². The molecule has 96 valence electrons. The number of hydrogen-bond acceptors (Lipinski definition) is 4. The van der Waals surface area contributed by atoms with Crippen LogP contribution in [-0.4, -0.2) is 16.1 Å². The Kier molecular flexibility index (Phi) is 3.20. The number of aliphatic carboxylic acids is 1. The number of carboxylic acid groups (broad SMARTS) is 1. The molecule has 2 unspecified atom stereocenters. The molecule has 18 heavy (non-hydrogen) atoms. The van der Waals surface area contributed by atoms with Crippen LogP contribution in [-0.2, 0) is 4.79 Å². The minimum atomic E-state index is -0.875. The van der Waals surface area contributed by atoms with Crippen LogP contribution in [0.1, 0.15) is 24.9 Å². The zero-order valence-electron chi connectivity index (χ0n) is 9.84. The standard InChI is InChI=1S/C12H14N2O4/c1-6(11(15)16)4-8(13)7-2-3-9-10(5-7)18-12(17)14-9/h2-3,5-6,8H,4,13H2,1H3,(H,14,17)(H,15,16). The Labute approximate surface area is 102 Å². The van der Waals surface area contributed by atoms with E-state index in [1.165, 1.54) is 0 Å². The van der Waals surface area contributed by atoms with Gasteiger partial charge in [0.15, 0.2) is 5.58 Å². The van der Waals surface area contributed by atoms with E-state index in [0.29, 0.717) is 17.5 Å². The lowest BCUT2D eigenvalue weighted by Gasteiger charge is -2.14. The van der Waals surface area contributed by atoms with Gasteiger partial charge in [0.25, 0.3) is 0 Å². The maximum absolute atomic E-state index is 11.0. The summed E-state index contributed by atoms with van der Waals surface area (Å²) in [6.45, 7) is 1.61. The molecule has 1 heterocycles. The first-order valence-corrected chi connectivity index (χ1v) is 5.58. The summed E-state index contributed by atoms with van der Waals surface area (Å²) in [5.41, 5.74) is 7.71. The molecule has 0 amide bonds. The molecule has 0 aliphatic rings. The molecule has 0 aliphatic carbocycles. The topological polar surface area (TPSA) is 109 Å². The van der Waals surface area contributed by atoms with E-state index >= 15 is 0 Å². The molecule has 0 fully saturated rings. The van der Waals surface area contributed by atoms with Crippen molar-refractivity contribution in [3.8, 4) is 0 Å². The van der Waals surface area contributed by atoms with Crippen LogP contribution >= 0.6 is 0 Å². The molecular weight excluding hydrogens is 236 g/mol. The van der Waals surface area contributed by atoms with Gasteiger partial charge in [-0.15, -0.1) is 0 Å². The molecule has 2 aromatic rings. The number of fused-ring (bicyclic) bond motifs is 1. The molecule has 4 N–H and O–H groups in total. The quantitative estimate of drug-likeness (QED) is 0.756. The normalized spacial score (nSPS) is 14.6. The van der Waals surface area contributed by atoms with Gasteiger partial charge in [-0.3, -0.25) is 9.78 Å². The zero-order valence-corrected chi connectivity index (χ0v) is 9.84. The Morgan fingerprint density at radius 2 is 2.28 bits per heavy atom. The molecule has 0 bridgehead atoms. The Balaban J connectivity index is 2.24. The fourth-order valence-electron chi connectivity index (χ4n) is 1.81. The van der Waals surface area contributed by atoms with Crippen LogP contribution < -0.4 is 11.5 Å². The summed E-state index contributed by atoms with van der Waals surface area (Å²) in [4.78, 5) is 24.3. The van der Waals surface area contributed by atoms with Gasteiger partial charge in [0.1, 0.15) is 0 Å². The lowest BCUT2D eigenvalue weighted by Crippen LogP contribution is -2.19. The Morgan fingerprint density at radius 1 is 1.56 bits per heavy atom. The van der Waals surface area contributed by atoms with Gasteiger partial charge < -0.3 is 15.3 Å². The maximum Gasteiger partial charge on any atom is 0.417 e. The maximum atomic E-state index is 11.0. The molecule has 1 aromatic carbocycles. The van der Waals surface area contributed by atoms with Crippen molar-refractivity contribution in [3.63, 3.8) is 0 Å². The van der Waals surface area contributed by atoms with Crippen LogP contribution in [0.2, 0.25) is 0 Å². The fraction of sp³-hybridized carbons (Fsp3) is 0.333. The summed E-state index contributed by atoms with van der Waals surface area (Å²) in [6.07, 6.45) is 0.329. The van der Waals surface area contributed by atoms with E-state index < -0.39 is 23.7 Å². The smallest absolute Gasteiger partial charge is 0.417 e. The monoisotopic (exact) mass is 250 g/mol. The SMILES string of the molecule is CC(CC(N)c1ccc2[nH]c(=O)oc2c1)C(=O)O. The molecule has 2 atom stereocenters. The van der Waals surface area contributed by atoms with E-state index in [9.17, 15) is 9.59 Å². The number of benzene rings is 1. The Morgan fingerprint density at radius 3 is 2.94 bits per heavy atom. The average molecular weight is 250 g/mol. The first-order valence-electron chi connectivity index (χ1n) is 5.58. The highest BCUT2D eigenvalue weighted by Crippen LogP contribution is 2.22. The Hall–Kier alpha value is -2.08. The molecule has 6 nitrogen and oxygen atoms in total. The van der Waals surface area contributed by atoms with E-state index in [-0.39, 0.29) is 0 Å². The van der Waals surface area contributed by atoms with Gasteiger partial charge in [-0.25, -0.2) is 4.79 Å². The van der Waals surface area contributed by atoms with Crippen molar-refractivity contribution in [3.05, 3.63) is 34.3 Å². The predicted molar refractivity (Wildman–Crippen MR) is 65.2 cm³/mol. The second-order valence-corrected chi connectivity index (χ2v) is 4.35. The van der Waals surface area contributed by atoms with Crippen molar-refractivity contribution >= 4 is 17.1 Å². The minimum Gasteiger partial charge on any atom is -0.481 e. The zero-order chi connectivity index (χ0) is 13.3. The summed E-state index contributed by atoms with van der Waals surface area (Å²) in [5, 5.41) is 8.83. The number of rotatable bonds is 4. The van der Waals surface area contributed by atoms with Crippen LogP contribution in [0.4, 0.5) is 0 Å². The van der Waals surface area contributed by atoms with Gasteiger partial charge in [-0.1, -0.05) is 13.0 Å². The summed E-state index contributed by atoms with van der Waals surface area (Å²) >= 11 is 0. The number of aromatic amines is 1. The summed E-state index contributed by atoms with van der Waals surface area (Å²) < 4.78 is 4.93. The van der Waals surface area contributed by atoms with Crippen molar-refractivity contribution in [2.45, 2.75) is 19.4 Å². The molecule has 2 rings (SSSR count). The lowest BCUT2D eigenvalue weighted by molar-refractivity contribution is -0.141. The van der Waals surface area contributed by atoms with Gasteiger partial charge in [-0.05, 0) is 24.1 Å². The number of aromatic nitrogens is 1. The summed E-state index contributed by atoms with van der Waals surface area (Å²) in [5.74, 6) is -1.91. The third kappa shape index (κ3) is 2.43. The number of H-pyrrole nitrogens is 1. The summed E-state index contributed by atoms with van der Waals surface area (Å²) in [6, 6.07) is 4.71. The highest BCUT2D eigenvalue weighted by Gasteiger charge is 2.17. The highest BCUT2D eigenvalue weighted by molar-refractivity contribution is 5.73. The number of carboxylic acids is 1. The predicted octanol–water partition coefficient (Wildman–Crippen LogP) is 1.23. The van der Waals surface area contributed by atoms with Crippen molar-refractivity contribution in [1.82, 2.24) is 4.98 Å². The molecule has 0 saturated heterocycles. The number of nitrogens with one attached hydrogen (secondary N) is 1. The molecule has 1 aromatic heterocycles. The molecule has 0 aliphatic heterocycles. The van der Waals surface area contributed by atoms with Gasteiger partial charge >= 0.3 is 11.7 Å². The number of hydrogen-bond donors (Lipinski definition) is 3. The molecule has 0 saturated carbocycles. The van der Waals surface area contributed by atoms with E-state index in [2.05, 4.69) is 4.98 Å². The molecular formula is C12H14N2O4. The van der Waals surface area contributed by atoms with Gasteiger partial charge in [-0.2, -0.15) is 0 Å². The van der Waals surface area contributed by atoms with Crippen LogP contribution in [0.5, 0.6) is 0 Å². The third-order valence-corrected chi connectivity index (χ3v) is 2.90. The molecule has 0 spiro atoms. The number of oxazole rings is 1. The van der Waals surface area contributed by atoms with Gasteiger partial charge in [0.2, 0.25) is 0 Å². The Bertz CT molecular complexity index is 628. The minimum absolute atomic E-state index is 0.329. The largest absolute Gasteiger partial charge is 0.481 e. The first-order chi connectivity index (χ1) is 8.47. The van der Waals surface area contributed by atoms with E-state index in [1.807, 2.05) is 0 Å². The lowest BCUT2D eigenvalue weighted by atomic mass is 9.96. The number of nitrogens with two attached hydrogens (primary N) is 1. The van der Waals surface area contributed by atoms with E-state index in [1.54, 1.807) is 25.1 Å². The molecule has 6 heteroatoms. The van der Waals surface area contributed by atoms with Crippen molar-refractivity contribution in [2.75, 3.05) is 0 Å². The van der Waals surface area contributed by atoms with Crippen molar-refractivity contribution in [1.29, 1.82) is 0 Å². The van der Waals surface area contributed by atoms with Crippen molar-refractivity contribution < 1.29 is 14.3 Å². The first kappa shape index (κ1) is 12.4. The van der Waals surface area contributed by atoms with Crippen molar-refractivity contribution in [2.24, 2.45) is 11.7 Å². The van der Waals surface area contributed by atoms with Gasteiger partial charge in [0.05, 0.1) is 11.4 Å². The fourth-order valence-corrected chi connectivity index (χ4v) is 1.81. The van der Waals surface area contributed by atoms with Crippen LogP contribution in [0, 0.1) is 5.92 Å². The highest BCUT2D eigenvalue weighted by atomic mass is 16.4. The third-order valence-electron chi connectivity index (χ3n) is 2.90. The van der Waals surface area contributed by atoms with Gasteiger partial charge in [0, 0.05) is 6.04 Å². The number of carbonyl (C=O) groups is 1. The second kappa shape index (κ2) is 4.66. The van der Waals surface area contributed by atoms with E-state index in [4.69, 9.17) is 15.3 Å². The van der Waals surface area contributed by atoms with Crippen LogP contribution in [0.3, 0.4) is 0 Å². The summed E-state index contributed by atoms with van der Waals surface area (Å²) in [7, 11) is 0. The second-order valence-electron chi connectivity index (χ2n) is 4.35. The average Bonchev–Trinajstić information content (AvgIpc) is 2.67.